The molecular weight excluding hydrogens is 348 g/mol. The summed E-state index contributed by atoms with van der Waals surface area (Å²) in [6, 6.07) is 7.99. The Morgan fingerprint density at radius 3 is 2.85 bits per heavy atom. The molecule has 3 aromatic rings. The van der Waals surface area contributed by atoms with Crippen LogP contribution in [0.5, 0.6) is 5.75 Å². The SMILES string of the molecule is COc1ccc(C2=Nn3c(nnc3-c3[nH]nc4c3CCC4)SC2C)cc1. The number of thioether (sulfide) groups is 1. The lowest BCUT2D eigenvalue weighted by molar-refractivity contribution is 0.415. The molecule has 3 heterocycles. The number of H-pyrrole nitrogens is 1. The summed E-state index contributed by atoms with van der Waals surface area (Å²) >= 11 is 1.67. The molecule has 1 N–H and O–H groups in total. The molecule has 5 rings (SSSR count). The Bertz CT molecular complexity index is 1000. The molecule has 0 spiro atoms. The van der Waals surface area contributed by atoms with E-state index in [0.29, 0.717) is 0 Å². The van der Waals surface area contributed by atoms with Gasteiger partial charge in [0.15, 0.2) is 0 Å². The fourth-order valence-electron chi connectivity index (χ4n) is 3.54. The number of aromatic amines is 1. The van der Waals surface area contributed by atoms with E-state index in [1.54, 1.807) is 18.9 Å². The highest BCUT2D eigenvalue weighted by Gasteiger charge is 2.29. The average molecular weight is 366 g/mol. The molecule has 0 radical (unpaired) electrons. The topological polar surface area (TPSA) is 81.0 Å². The van der Waals surface area contributed by atoms with E-state index in [4.69, 9.17) is 9.84 Å². The number of nitrogens with zero attached hydrogens (tertiary/aromatic N) is 5. The highest BCUT2D eigenvalue weighted by atomic mass is 32.2. The summed E-state index contributed by atoms with van der Waals surface area (Å²) in [5.41, 5.74) is 5.43. The molecule has 2 aromatic heterocycles. The maximum Gasteiger partial charge on any atom is 0.213 e. The molecule has 132 valence electrons. The summed E-state index contributed by atoms with van der Waals surface area (Å²) in [6.07, 6.45) is 3.20. The van der Waals surface area contributed by atoms with Gasteiger partial charge in [-0.15, -0.1) is 10.2 Å². The van der Waals surface area contributed by atoms with Crippen LogP contribution in [0.25, 0.3) is 11.5 Å². The first-order chi connectivity index (χ1) is 12.7. The maximum atomic E-state index is 5.26. The van der Waals surface area contributed by atoms with Crippen LogP contribution in [0.2, 0.25) is 0 Å². The van der Waals surface area contributed by atoms with E-state index in [1.165, 1.54) is 5.56 Å². The number of benzene rings is 1. The van der Waals surface area contributed by atoms with Crippen molar-refractivity contribution in [3.05, 3.63) is 41.1 Å². The molecule has 1 atom stereocenters. The van der Waals surface area contributed by atoms with Crippen LogP contribution < -0.4 is 4.74 Å². The molecule has 1 aliphatic carbocycles. The minimum Gasteiger partial charge on any atom is -0.497 e. The second kappa shape index (κ2) is 5.98. The predicted molar refractivity (Wildman–Crippen MR) is 99.9 cm³/mol. The third-order valence-electron chi connectivity index (χ3n) is 4.89. The van der Waals surface area contributed by atoms with Crippen molar-refractivity contribution < 1.29 is 4.74 Å². The van der Waals surface area contributed by atoms with Crippen molar-refractivity contribution in [1.29, 1.82) is 0 Å². The summed E-state index contributed by atoms with van der Waals surface area (Å²) in [5.74, 6) is 1.57. The third kappa shape index (κ3) is 2.36. The molecular formula is C18H18N6OS. The first kappa shape index (κ1) is 15.6. The van der Waals surface area contributed by atoms with Gasteiger partial charge in [0.05, 0.1) is 23.8 Å². The summed E-state index contributed by atoms with van der Waals surface area (Å²) in [4.78, 5) is 0. The highest BCUT2D eigenvalue weighted by Crippen LogP contribution is 2.35. The fraction of sp³-hybridized carbons (Fsp3) is 0.333. The number of hydrogen-bond donors (Lipinski definition) is 1. The zero-order chi connectivity index (χ0) is 17.7. The smallest absolute Gasteiger partial charge is 0.213 e. The van der Waals surface area contributed by atoms with Crippen LogP contribution in [0.3, 0.4) is 0 Å². The van der Waals surface area contributed by atoms with Crippen LogP contribution in [0, 0.1) is 0 Å². The minimum atomic E-state index is 0.195. The van der Waals surface area contributed by atoms with E-state index < -0.39 is 0 Å². The molecule has 7 nitrogen and oxygen atoms in total. The Morgan fingerprint density at radius 1 is 1.19 bits per heavy atom. The van der Waals surface area contributed by atoms with Crippen molar-refractivity contribution in [3.63, 3.8) is 0 Å². The van der Waals surface area contributed by atoms with Crippen LogP contribution >= 0.6 is 11.8 Å². The largest absolute Gasteiger partial charge is 0.497 e. The number of nitrogens with one attached hydrogen (secondary N) is 1. The van der Waals surface area contributed by atoms with Gasteiger partial charge >= 0.3 is 0 Å². The lowest BCUT2D eigenvalue weighted by atomic mass is 10.1. The standard InChI is InChI=1S/C18H18N6OS/c1-10-15(11-6-8-12(25-2)9-7-11)23-24-17(21-22-18(24)26-10)16-13-4-3-5-14(13)19-20-16/h6-10H,3-5H2,1-2H3,(H,19,20). The number of ether oxygens (including phenoxy) is 1. The monoisotopic (exact) mass is 366 g/mol. The second-order valence-corrected chi connectivity index (χ2v) is 7.78. The van der Waals surface area contributed by atoms with Crippen LogP contribution in [-0.4, -0.2) is 43.1 Å². The van der Waals surface area contributed by atoms with Gasteiger partial charge in [-0.2, -0.15) is 14.9 Å². The summed E-state index contributed by atoms with van der Waals surface area (Å²) in [6.45, 7) is 2.14. The first-order valence-electron chi connectivity index (χ1n) is 8.66. The van der Waals surface area contributed by atoms with Crippen molar-refractivity contribution in [3.8, 4) is 17.3 Å². The normalized spacial score (nSPS) is 18.4. The number of hydrogen-bond acceptors (Lipinski definition) is 6. The highest BCUT2D eigenvalue weighted by molar-refractivity contribution is 8.00. The van der Waals surface area contributed by atoms with E-state index in [2.05, 4.69) is 27.3 Å². The van der Waals surface area contributed by atoms with Crippen LogP contribution in [0.4, 0.5) is 0 Å². The number of rotatable bonds is 3. The molecule has 2 aliphatic rings. The van der Waals surface area contributed by atoms with Gasteiger partial charge in [0, 0.05) is 5.56 Å². The minimum absolute atomic E-state index is 0.195. The molecule has 1 aliphatic heterocycles. The van der Waals surface area contributed by atoms with Crippen LogP contribution in [0.15, 0.2) is 34.5 Å². The van der Waals surface area contributed by atoms with E-state index in [1.807, 2.05) is 28.9 Å². The predicted octanol–water partition coefficient (Wildman–Crippen LogP) is 2.91. The Balaban J connectivity index is 1.60. The average Bonchev–Trinajstić information content (AvgIpc) is 3.36. The van der Waals surface area contributed by atoms with Crippen molar-refractivity contribution >= 4 is 17.5 Å². The zero-order valence-electron chi connectivity index (χ0n) is 14.6. The number of methoxy groups -OCH3 is 1. The van der Waals surface area contributed by atoms with Crippen molar-refractivity contribution in [2.45, 2.75) is 36.6 Å². The van der Waals surface area contributed by atoms with Gasteiger partial charge in [-0.1, -0.05) is 11.8 Å². The number of fused-ring (bicyclic) bond motifs is 2. The third-order valence-corrected chi connectivity index (χ3v) is 5.93. The summed E-state index contributed by atoms with van der Waals surface area (Å²) < 4.78 is 7.10. The first-order valence-corrected chi connectivity index (χ1v) is 9.54. The summed E-state index contributed by atoms with van der Waals surface area (Å²) in [7, 11) is 1.67. The summed E-state index contributed by atoms with van der Waals surface area (Å²) in [5, 5.41) is 22.2. The van der Waals surface area contributed by atoms with E-state index in [0.717, 1.165) is 58.7 Å². The van der Waals surface area contributed by atoms with Crippen LogP contribution in [-0.2, 0) is 12.8 Å². The van der Waals surface area contributed by atoms with E-state index in [-0.39, 0.29) is 5.25 Å². The maximum absolute atomic E-state index is 5.26. The van der Waals surface area contributed by atoms with Crippen molar-refractivity contribution in [1.82, 2.24) is 25.1 Å². The molecule has 26 heavy (non-hydrogen) atoms. The number of aryl methyl sites for hydroxylation is 1. The van der Waals surface area contributed by atoms with Gasteiger partial charge in [0.1, 0.15) is 11.4 Å². The van der Waals surface area contributed by atoms with Crippen LogP contribution in [0.1, 0.15) is 30.2 Å². The Labute approximate surface area is 154 Å². The molecule has 8 heteroatoms. The molecule has 0 saturated carbocycles. The fourth-order valence-corrected chi connectivity index (χ4v) is 4.46. The van der Waals surface area contributed by atoms with Gasteiger partial charge in [-0.25, -0.2) is 0 Å². The lowest BCUT2D eigenvalue weighted by Gasteiger charge is -2.20. The Kier molecular flexibility index (Phi) is 3.59. The Hall–Kier alpha value is -2.61. The molecule has 0 saturated heterocycles. The van der Waals surface area contributed by atoms with Crippen molar-refractivity contribution in [2.75, 3.05) is 7.11 Å². The van der Waals surface area contributed by atoms with E-state index >= 15 is 0 Å². The molecule has 0 bridgehead atoms. The van der Waals surface area contributed by atoms with Gasteiger partial charge in [0.2, 0.25) is 11.0 Å². The Morgan fingerprint density at radius 2 is 2.04 bits per heavy atom. The number of aromatic nitrogens is 5. The van der Waals surface area contributed by atoms with Gasteiger partial charge in [-0.3, -0.25) is 5.10 Å². The lowest BCUT2D eigenvalue weighted by Crippen LogP contribution is -2.21. The molecule has 1 unspecified atom stereocenters. The molecule has 0 amide bonds. The second-order valence-electron chi connectivity index (χ2n) is 6.47. The van der Waals surface area contributed by atoms with Gasteiger partial charge in [-0.05, 0) is 56.0 Å². The van der Waals surface area contributed by atoms with Crippen molar-refractivity contribution in [2.24, 2.45) is 5.10 Å². The van der Waals surface area contributed by atoms with Gasteiger partial charge < -0.3 is 4.74 Å². The molecule has 1 aromatic carbocycles. The van der Waals surface area contributed by atoms with E-state index in [9.17, 15) is 0 Å². The quantitative estimate of drug-likeness (QED) is 0.771. The molecule has 0 fully saturated rings. The van der Waals surface area contributed by atoms with Gasteiger partial charge in [0.25, 0.3) is 0 Å². The zero-order valence-corrected chi connectivity index (χ0v) is 15.4.